The van der Waals surface area contributed by atoms with Gasteiger partial charge in [0.15, 0.2) is 0 Å². The molecule has 3 amide bonds. The van der Waals surface area contributed by atoms with Gasteiger partial charge in [-0.05, 0) is 85.3 Å². The third-order valence-corrected chi connectivity index (χ3v) is 8.13. The van der Waals surface area contributed by atoms with Gasteiger partial charge in [0.1, 0.15) is 12.4 Å². The summed E-state index contributed by atoms with van der Waals surface area (Å²) in [5.74, 6) is -0.484. The lowest BCUT2D eigenvalue weighted by Gasteiger charge is -2.34. The van der Waals surface area contributed by atoms with E-state index in [0.29, 0.717) is 18.7 Å². The topological polar surface area (TPSA) is 103 Å². The highest BCUT2D eigenvalue weighted by molar-refractivity contribution is 5.83. The monoisotopic (exact) mass is 585 g/mol. The van der Waals surface area contributed by atoms with Crippen LogP contribution in [0.2, 0.25) is 0 Å². The lowest BCUT2D eigenvalue weighted by Crippen LogP contribution is -2.44. The van der Waals surface area contributed by atoms with E-state index in [1.807, 2.05) is 30.3 Å². The molecule has 3 unspecified atom stereocenters. The minimum absolute atomic E-state index is 0.0158. The van der Waals surface area contributed by atoms with Gasteiger partial charge >= 0.3 is 6.09 Å². The Morgan fingerprint density at radius 2 is 1.63 bits per heavy atom. The number of halogens is 1. The predicted molar refractivity (Wildman–Crippen MR) is 164 cm³/mol. The number of anilines is 3. The van der Waals surface area contributed by atoms with Crippen molar-refractivity contribution in [1.29, 1.82) is 0 Å². The Kier molecular flexibility index (Phi) is 9.24. The molecule has 0 spiro atoms. The molecule has 9 nitrogen and oxygen atoms in total. The van der Waals surface area contributed by atoms with E-state index in [2.05, 4.69) is 50.4 Å². The van der Waals surface area contributed by atoms with E-state index in [-0.39, 0.29) is 36.4 Å². The molecule has 2 fully saturated rings. The number of ether oxygens (including phenoxy) is 1. The van der Waals surface area contributed by atoms with Crippen LogP contribution in [0.5, 0.6) is 0 Å². The summed E-state index contributed by atoms with van der Waals surface area (Å²) in [5, 5.41) is 8.62. The van der Waals surface area contributed by atoms with E-state index >= 15 is 0 Å². The maximum absolute atomic E-state index is 13.9. The zero-order valence-electron chi connectivity index (χ0n) is 24.1. The van der Waals surface area contributed by atoms with Crippen LogP contribution in [0.25, 0.3) is 0 Å². The molecule has 43 heavy (non-hydrogen) atoms. The molecule has 0 aliphatic carbocycles. The van der Waals surface area contributed by atoms with Crippen LogP contribution in [0.3, 0.4) is 0 Å². The van der Waals surface area contributed by atoms with E-state index < -0.39 is 6.09 Å². The fourth-order valence-electron chi connectivity index (χ4n) is 6.18. The number of carbonyl (C=O) groups excluding carboxylic acids is 3. The molecule has 224 valence electrons. The Balaban J connectivity index is 1.36. The quantitative estimate of drug-likeness (QED) is 0.262. The Hall–Kier alpha value is -4.86. The zero-order valence-corrected chi connectivity index (χ0v) is 24.1. The van der Waals surface area contributed by atoms with E-state index in [1.54, 1.807) is 17.0 Å². The summed E-state index contributed by atoms with van der Waals surface area (Å²) in [7, 11) is 1.26. The fraction of sp³-hybridized carbons (Fsp3) is 0.303. The molecule has 5 rings (SSSR count). The molecule has 2 aliphatic rings. The molecule has 3 N–H and O–H groups in total. The number of likely N-dealkylation sites (tertiary alicyclic amines) is 1. The second kappa shape index (κ2) is 13.4. The minimum atomic E-state index is -0.646. The molecular weight excluding hydrogens is 549 g/mol. The molecule has 3 aromatic rings. The first-order chi connectivity index (χ1) is 20.9. The third kappa shape index (κ3) is 6.80. The number of hydrogen-bond acceptors (Lipinski definition) is 6. The third-order valence-electron chi connectivity index (χ3n) is 8.13. The fourth-order valence-corrected chi connectivity index (χ4v) is 6.18. The van der Waals surface area contributed by atoms with Gasteiger partial charge in [0, 0.05) is 29.3 Å². The van der Waals surface area contributed by atoms with Gasteiger partial charge in [-0.1, -0.05) is 30.8 Å². The average molecular weight is 586 g/mol. The number of methoxy groups -OCH3 is 1. The standard InChI is InChI=1S/C33H36FN5O4/c1-22(29-10-5-17-38(29)32(41)20-35-33(42)43-2)37-27-9-4-7-24(19-27)31-16-15-30(23-6-3-8-26(18-23)36-21-40)39(31)28-13-11-25(34)12-14-28/h3-4,6-9,11-14,18-19,21,29-31,37H,1,5,10,15-17,20H2,2H3,(H,35,42)(H,36,40). The van der Waals surface area contributed by atoms with E-state index in [0.717, 1.165) is 53.9 Å². The second-order valence-electron chi connectivity index (χ2n) is 10.7. The summed E-state index contributed by atoms with van der Waals surface area (Å²) >= 11 is 0. The first-order valence-electron chi connectivity index (χ1n) is 14.4. The van der Waals surface area contributed by atoms with Crippen LogP contribution in [0.1, 0.15) is 48.9 Å². The molecule has 0 aromatic heterocycles. The van der Waals surface area contributed by atoms with Crippen LogP contribution in [0.15, 0.2) is 85.1 Å². The molecule has 0 saturated carbocycles. The lowest BCUT2D eigenvalue weighted by molar-refractivity contribution is -0.130. The van der Waals surface area contributed by atoms with Crippen LogP contribution in [-0.2, 0) is 14.3 Å². The number of amides is 3. The minimum Gasteiger partial charge on any atom is -0.453 e. The summed E-state index contributed by atoms with van der Waals surface area (Å²) in [5.41, 5.74) is 5.35. The SMILES string of the molecule is C=C(Nc1cccc(C2CCC(c3cccc(NC=O)c3)N2c2ccc(F)cc2)c1)C1CCCN1C(=O)CNC(=O)OC. The van der Waals surface area contributed by atoms with Crippen molar-refractivity contribution in [3.8, 4) is 0 Å². The van der Waals surface area contributed by atoms with E-state index in [4.69, 9.17) is 0 Å². The molecule has 2 heterocycles. The number of nitrogens with zero attached hydrogens (tertiary/aromatic N) is 2. The summed E-state index contributed by atoms with van der Waals surface area (Å²) in [6, 6.07) is 22.4. The van der Waals surface area contributed by atoms with Crippen molar-refractivity contribution >= 4 is 35.5 Å². The highest BCUT2D eigenvalue weighted by Gasteiger charge is 2.36. The average Bonchev–Trinajstić information content (AvgIpc) is 3.69. The van der Waals surface area contributed by atoms with Gasteiger partial charge in [0.25, 0.3) is 0 Å². The molecule has 2 saturated heterocycles. The Labute approximate surface area is 250 Å². The normalized spacial score (nSPS) is 19.5. The van der Waals surface area contributed by atoms with Crippen LogP contribution >= 0.6 is 0 Å². The van der Waals surface area contributed by atoms with Gasteiger partial charge < -0.3 is 30.5 Å². The summed E-state index contributed by atoms with van der Waals surface area (Å²) < 4.78 is 18.5. The first kappa shape index (κ1) is 29.6. The number of benzene rings is 3. The van der Waals surface area contributed by atoms with Crippen molar-refractivity contribution in [2.75, 3.05) is 35.7 Å². The zero-order chi connectivity index (χ0) is 30.3. The maximum atomic E-state index is 13.9. The highest BCUT2D eigenvalue weighted by atomic mass is 19.1. The van der Waals surface area contributed by atoms with Crippen molar-refractivity contribution in [3.63, 3.8) is 0 Å². The first-order valence-corrected chi connectivity index (χ1v) is 14.4. The number of rotatable bonds is 10. The molecule has 0 bridgehead atoms. The lowest BCUT2D eigenvalue weighted by atomic mass is 10.0. The Bertz CT molecular complexity index is 1480. The molecule has 2 aliphatic heterocycles. The van der Waals surface area contributed by atoms with Crippen LogP contribution < -0.4 is 20.9 Å². The van der Waals surface area contributed by atoms with Crippen LogP contribution in [0.4, 0.5) is 26.2 Å². The van der Waals surface area contributed by atoms with Crippen molar-refractivity contribution in [3.05, 3.63) is 102 Å². The van der Waals surface area contributed by atoms with Gasteiger partial charge in [-0.25, -0.2) is 9.18 Å². The van der Waals surface area contributed by atoms with Crippen LogP contribution in [-0.4, -0.2) is 49.6 Å². The highest BCUT2D eigenvalue weighted by Crippen LogP contribution is 2.47. The van der Waals surface area contributed by atoms with Crippen molar-refractivity contribution in [1.82, 2.24) is 10.2 Å². The van der Waals surface area contributed by atoms with Crippen molar-refractivity contribution < 1.29 is 23.5 Å². The Morgan fingerprint density at radius 3 is 2.28 bits per heavy atom. The van der Waals surface area contributed by atoms with Crippen LogP contribution in [0, 0.1) is 5.82 Å². The van der Waals surface area contributed by atoms with Gasteiger partial charge in [-0.15, -0.1) is 0 Å². The second-order valence-corrected chi connectivity index (χ2v) is 10.7. The molecule has 10 heteroatoms. The summed E-state index contributed by atoms with van der Waals surface area (Å²) in [6.07, 6.45) is 3.38. The van der Waals surface area contributed by atoms with Gasteiger partial charge in [0.05, 0.1) is 25.2 Å². The van der Waals surface area contributed by atoms with Crippen molar-refractivity contribution in [2.24, 2.45) is 0 Å². The maximum Gasteiger partial charge on any atom is 0.407 e. The largest absolute Gasteiger partial charge is 0.453 e. The number of carbonyl (C=O) groups is 3. The number of alkyl carbamates (subject to hydrolysis) is 1. The Morgan fingerprint density at radius 1 is 0.977 bits per heavy atom. The molecular formula is C33H36FN5O4. The van der Waals surface area contributed by atoms with Gasteiger partial charge in [-0.3, -0.25) is 9.59 Å². The van der Waals surface area contributed by atoms with E-state index in [9.17, 15) is 18.8 Å². The van der Waals surface area contributed by atoms with Gasteiger partial charge in [-0.2, -0.15) is 0 Å². The predicted octanol–water partition coefficient (Wildman–Crippen LogP) is 5.75. The smallest absolute Gasteiger partial charge is 0.407 e. The van der Waals surface area contributed by atoms with E-state index in [1.165, 1.54) is 19.2 Å². The van der Waals surface area contributed by atoms with Crippen molar-refractivity contribution in [2.45, 2.75) is 43.8 Å². The summed E-state index contributed by atoms with van der Waals surface area (Å²) in [4.78, 5) is 39.3. The molecule has 3 atom stereocenters. The molecule has 3 aromatic carbocycles. The van der Waals surface area contributed by atoms with Gasteiger partial charge in [0.2, 0.25) is 12.3 Å². The molecule has 0 radical (unpaired) electrons. The number of nitrogens with one attached hydrogen (secondary N) is 3. The summed E-state index contributed by atoms with van der Waals surface area (Å²) in [6.45, 7) is 4.71. The number of hydrogen-bond donors (Lipinski definition) is 3.